The van der Waals surface area contributed by atoms with Crippen molar-refractivity contribution >= 4 is 17.1 Å². The van der Waals surface area contributed by atoms with Crippen LogP contribution in [0.5, 0.6) is 0 Å². The highest BCUT2D eigenvalue weighted by Gasteiger charge is 2.22. The molecule has 4 nitrogen and oxygen atoms in total. The van der Waals surface area contributed by atoms with Crippen molar-refractivity contribution in [3.63, 3.8) is 0 Å². The fraction of sp³-hybridized carbons (Fsp3) is 0. The number of hydrogen-bond donors (Lipinski definition) is 1. The van der Waals surface area contributed by atoms with E-state index in [2.05, 4.69) is 4.98 Å². The van der Waals surface area contributed by atoms with E-state index in [9.17, 15) is 4.79 Å². The minimum Gasteiger partial charge on any atom is -0.478 e. The molecule has 0 fully saturated rings. The number of hydrogen-bond acceptors (Lipinski definition) is 3. The van der Waals surface area contributed by atoms with Gasteiger partial charge < -0.3 is 9.52 Å². The Bertz CT molecular complexity index is 642. The maximum Gasteiger partial charge on any atom is 0.340 e. The summed E-state index contributed by atoms with van der Waals surface area (Å²) in [4.78, 5) is 15.1. The molecule has 0 unspecified atom stereocenters. The van der Waals surface area contributed by atoms with E-state index in [1.54, 1.807) is 36.7 Å². The molecular weight excluding hydrogens is 206 g/mol. The van der Waals surface area contributed by atoms with Gasteiger partial charge in [-0.2, -0.15) is 0 Å². The quantitative estimate of drug-likeness (QED) is 0.710. The van der Waals surface area contributed by atoms with Crippen LogP contribution in [-0.2, 0) is 0 Å². The molecule has 16 heavy (non-hydrogen) atoms. The van der Waals surface area contributed by atoms with Gasteiger partial charge in [-0.05, 0) is 29.8 Å². The number of carboxylic acid groups (broad SMARTS) is 1. The number of pyridine rings is 1. The molecule has 0 atom stereocenters. The maximum absolute atomic E-state index is 11.2. The van der Waals surface area contributed by atoms with Crippen molar-refractivity contribution in [2.45, 2.75) is 0 Å². The number of carbonyl (C=O) groups is 1. The largest absolute Gasteiger partial charge is 0.478 e. The van der Waals surface area contributed by atoms with Crippen molar-refractivity contribution in [2.24, 2.45) is 0 Å². The lowest BCUT2D eigenvalue weighted by Gasteiger charge is -2.00. The van der Waals surface area contributed by atoms with Crippen LogP contribution in [-0.4, -0.2) is 16.1 Å². The van der Waals surface area contributed by atoms with Crippen LogP contribution in [0, 0.1) is 0 Å². The van der Waals surface area contributed by atoms with Crippen LogP contribution < -0.4 is 0 Å². The van der Waals surface area contributed by atoms with E-state index in [1.165, 1.54) is 0 Å². The topological polar surface area (TPSA) is 63.3 Å². The second kappa shape index (κ2) is 3.06. The summed E-state index contributed by atoms with van der Waals surface area (Å²) in [5, 5.41) is 9.15. The van der Waals surface area contributed by atoms with Crippen LogP contribution in [0.25, 0.3) is 22.3 Å². The second-order valence-electron chi connectivity index (χ2n) is 3.45. The lowest BCUT2D eigenvalue weighted by atomic mass is 10.0. The Morgan fingerprint density at radius 1 is 1.12 bits per heavy atom. The van der Waals surface area contributed by atoms with E-state index < -0.39 is 5.97 Å². The molecule has 0 amide bonds. The Kier molecular flexibility index (Phi) is 1.71. The Morgan fingerprint density at radius 2 is 1.81 bits per heavy atom. The van der Waals surface area contributed by atoms with E-state index in [0.29, 0.717) is 16.7 Å². The molecule has 78 valence electrons. The molecule has 0 aliphatic heterocycles. The number of fused-ring (bicyclic) bond motifs is 2. The van der Waals surface area contributed by atoms with E-state index in [1.807, 2.05) is 0 Å². The molecule has 4 heteroatoms. The maximum atomic E-state index is 11.2. The Labute approximate surface area is 90.5 Å². The first-order chi connectivity index (χ1) is 7.77. The zero-order valence-electron chi connectivity index (χ0n) is 8.18. The molecule has 0 aromatic carbocycles. The van der Waals surface area contributed by atoms with Gasteiger partial charge in [-0.15, -0.1) is 0 Å². The minimum atomic E-state index is -0.971. The summed E-state index contributed by atoms with van der Waals surface area (Å²) in [5.41, 5.74) is 2.67. The normalized spacial score (nSPS) is 11.0. The minimum absolute atomic E-state index is 0.226. The van der Waals surface area contributed by atoms with Gasteiger partial charge in [0.1, 0.15) is 16.7 Å². The van der Waals surface area contributed by atoms with Crippen molar-refractivity contribution in [1.29, 1.82) is 0 Å². The third-order valence-electron chi connectivity index (χ3n) is 2.53. The van der Waals surface area contributed by atoms with Gasteiger partial charge in [0.05, 0.1) is 0 Å². The number of furan rings is 2. The number of carboxylic acids is 1. The van der Waals surface area contributed by atoms with E-state index in [0.717, 1.165) is 5.56 Å². The highest BCUT2D eigenvalue weighted by atomic mass is 16.4. The molecule has 0 radical (unpaired) electrons. The molecule has 0 spiro atoms. The van der Waals surface area contributed by atoms with Gasteiger partial charge in [0.2, 0.25) is 0 Å². The smallest absolute Gasteiger partial charge is 0.340 e. The lowest BCUT2D eigenvalue weighted by Crippen LogP contribution is -1.97. The highest BCUT2D eigenvalue weighted by molar-refractivity contribution is 6.08. The molecule has 1 N–H and O–H groups in total. The summed E-state index contributed by atoms with van der Waals surface area (Å²) in [6.07, 6.45) is 3.26. The van der Waals surface area contributed by atoms with Gasteiger partial charge in [0.25, 0.3) is 0 Å². The van der Waals surface area contributed by atoms with Crippen molar-refractivity contribution in [1.82, 2.24) is 4.98 Å². The SMILES string of the molecule is O=C(O)c1c(-c2ccncc2)c2ccc1o2. The lowest BCUT2D eigenvalue weighted by molar-refractivity contribution is 0.0699. The van der Waals surface area contributed by atoms with Gasteiger partial charge in [0, 0.05) is 18.0 Å². The molecule has 0 saturated carbocycles. The number of benzene rings is 1. The number of nitrogens with zero attached hydrogens (tertiary/aromatic N) is 1. The highest BCUT2D eigenvalue weighted by Crippen LogP contribution is 2.36. The van der Waals surface area contributed by atoms with Crippen LogP contribution >= 0.6 is 0 Å². The number of aromatic nitrogens is 1. The third-order valence-corrected chi connectivity index (χ3v) is 2.53. The average Bonchev–Trinajstić information content (AvgIpc) is 2.89. The molecule has 0 aliphatic carbocycles. The predicted molar refractivity (Wildman–Crippen MR) is 57.6 cm³/mol. The average molecular weight is 213 g/mol. The summed E-state index contributed by atoms with van der Waals surface area (Å²) in [6, 6.07) is 6.98. The number of rotatable bonds is 2. The fourth-order valence-corrected chi connectivity index (χ4v) is 1.87. The molecule has 3 rings (SSSR count). The standard InChI is InChI=1S/C12H7NO3/c14-12(15)11-9-2-1-8(16-9)10(11)7-3-5-13-6-4-7/h1-6H,(H,14,15). The zero-order chi connectivity index (χ0) is 11.1. The van der Waals surface area contributed by atoms with E-state index in [-0.39, 0.29) is 5.56 Å². The molecule has 3 aromatic heterocycles. The fourth-order valence-electron chi connectivity index (χ4n) is 1.87. The van der Waals surface area contributed by atoms with E-state index in [4.69, 9.17) is 9.52 Å². The molecular formula is C12H7NO3. The van der Waals surface area contributed by atoms with Crippen LogP contribution in [0.15, 0.2) is 41.1 Å². The first-order valence-electron chi connectivity index (χ1n) is 4.76. The van der Waals surface area contributed by atoms with Crippen LogP contribution in [0.2, 0.25) is 0 Å². The van der Waals surface area contributed by atoms with Crippen LogP contribution in [0.3, 0.4) is 0 Å². The predicted octanol–water partition coefficient (Wildman–Crippen LogP) is 2.63. The molecule has 2 bridgehead atoms. The molecule has 3 aromatic rings. The monoisotopic (exact) mass is 213 g/mol. The Morgan fingerprint density at radius 3 is 2.50 bits per heavy atom. The summed E-state index contributed by atoms with van der Waals surface area (Å²) >= 11 is 0. The van der Waals surface area contributed by atoms with E-state index >= 15 is 0 Å². The Balaban J connectivity index is 2.33. The van der Waals surface area contributed by atoms with Gasteiger partial charge in [-0.1, -0.05) is 0 Å². The molecule has 0 aliphatic rings. The van der Waals surface area contributed by atoms with Gasteiger partial charge >= 0.3 is 5.97 Å². The summed E-state index contributed by atoms with van der Waals surface area (Å²) in [5.74, 6) is -0.971. The van der Waals surface area contributed by atoms with Crippen molar-refractivity contribution in [2.75, 3.05) is 0 Å². The summed E-state index contributed by atoms with van der Waals surface area (Å²) in [6.45, 7) is 0. The molecule has 3 heterocycles. The van der Waals surface area contributed by atoms with Crippen molar-refractivity contribution in [3.05, 3.63) is 42.2 Å². The molecule has 0 saturated heterocycles. The first kappa shape index (κ1) is 8.91. The van der Waals surface area contributed by atoms with Crippen LogP contribution in [0.1, 0.15) is 10.4 Å². The first-order valence-corrected chi connectivity index (χ1v) is 4.76. The summed E-state index contributed by atoms with van der Waals surface area (Å²) < 4.78 is 5.36. The van der Waals surface area contributed by atoms with Crippen LogP contribution in [0.4, 0.5) is 0 Å². The second-order valence-corrected chi connectivity index (χ2v) is 3.45. The van der Waals surface area contributed by atoms with Crippen molar-refractivity contribution in [3.8, 4) is 11.1 Å². The van der Waals surface area contributed by atoms with Gasteiger partial charge in [-0.3, -0.25) is 4.98 Å². The van der Waals surface area contributed by atoms with Gasteiger partial charge in [0.15, 0.2) is 0 Å². The van der Waals surface area contributed by atoms with Gasteiger partial charge in [-0.25, -0.2) is 4.79 Å². The zero-order valence-corrected chi connectivity index (χ0v) is 8.18. The number of aromatic carboxylic acids is 1. The third kappa shape index (κ3) is 1.10. The Hall–Kier alpha value is -2.36. The van der Waals surface area contributed by atoms with Crippen molar-refractivity contribution < 1.29 is 14.3 Å². The summed E-state index contributed by atoms with van der Waals surface area (Å²) in [7, 11) is 0.